The lowest BCUT2D eigenvalue weighted by Gasteiger charge is -2.23. The van der Waals surface area contributed by atoms with E-state index in [4.69, 9.17) is 0 Å². The molecule has 0 aliphatic carbocycles. The monoisotopic (exact) mass is 241 g/mol. The number of nitrogens with zero attached hydrogens (tertiary/aromatic N) is 1. The summed E-state index contributed by atoms with van der Waals surface area (Å²) in [5, 5.41) is 9.23. The second kappa shape index (κ2) is 3.03. The molecule has 0 saturated heterocycles. The highest BCUT2D eigenvalue weighted by Gasteiger charge is 2.22. The Labute approximate surface area is 84.3 Å². The number of phenolic OH excluding ortho intramolecular Hbond substituents is 1. The molecule has 1 amide bonds. The van der Waals surface area contributed by atoms with Crippen LogP contribution in [0.3, 0.4) is 0 Å². The van der Waals surface area contributed by atoms with Gasteiger partial charge < -0.3 is 5.11 Å². The van der Waals surface area contributed by atoms with Crippen molar-refractivity contribution in [1.29, 1.82) is 0 Å². The maximum atomic E-state index is 11.3. The molecule has 0 bridgehead atoms. The number of benzene rings is 1. The molecule has 1 aliphatic rings. The zero-order valence-electron chi connectivity index (χ0n) is 6.83. The number of aryl methyl sites for hydroxylation is 1. The van der Waals surface area contributed by atoms with Gasteiger partial charge in [0.2, 0.25) is 5.91 Å². The Morgan fingerprint density at radius 3 is 2.92 bits per heavy atom. The maximum absolute atomic E-state index is 11.3. The van der Waals surface area contributed by atoms with Gasteiger partial charge in [0.1, 0.15) is 5.75 Å². The van der Waals surface area contributed by atoms with Gasteiger partial charge >= 0.3 is 0 Å². The zero-order valence-corrected chi connectivity index (χ0v) is 8.41. The van der Waals surface area contributed by atoms with E-state index in [1.807, 2.05) is 6.07 Å². The third kappa shape index (κ3) is 1.42. The summed E-state index contributed by atoms with van der Waals surface area (Å²) >= 11 is 3.16. The summed E-state index contributed by atoms with van der Waals surface area (Å²) in [6.45, 7) is 0. The highest BCUT2D eigenvalue weighted by Crippen LogP contribution is 2.32. The van der Waals surface area contributed by atoms with Gasteiger partial charge in [-0.1, -0.05) is 6.07 Å². The fourth-order valence-corrected chi connectivity index (χ4v) is 1.93. The largest absolute Gasteiger partial charge is 0.508 e. The Morgan fingerprint density at radius 2 is 2.15 bits per heavy atom. The molecule has 1 aromatic carbocycles. The van der Waals surface area contributed by atoms with Crippen molar-refractivity contribution in [3.63, 3.8) is 0 Å². The maximum Gasteiger partial charge on any atom is 0.237 e. The number of rotatable bonds is 0. The molecule has 0 fully saturated rings. The predicted octanol–water partition coefficient (Wildman–Crippen LogP) is 1.98. The fourth-order valence-electron chi connectivity index (χ4n) is 1.42. The normalized spacial score (nSPS) is 15.8. The fraction of sp³-hybridized carbons (Fsp3) is 0.222. The summed E-state index contributed by atoms with van der Waals surface area (Å²) in [5.74, 6) is 0.205. The summed E-state index contributed by atoms with van der Waals surface area (Å²) in [5.41, 5.74) is 1.82. The summed E-state index contributed by atoms with van der Waals surface area (Å²) in [6.07, 6.45) is 1.26. The first-order chi connectivity index (χ1) is 6.18. The quantitative estimate of drug-likeness (QED) is 0.706. The van der Waals surface area contributed by atoms with E-state index in [0.29, 0.717) is 6.42 Å². The van der Waals surface area contributed by atoms with Crippen LogP contribution in [0.5, 0.6) is 5.75 Å². The molecule has 1 aromatic rings. The number of carbonyl (C=O) groups excluding carboxylic acids is 1. The molecular weight excluding hydrogens is 234 g/mol. The van der Waals surface area contributed by atoms with Crippen molar-refractivity contribution in [2.24, 2.45) is 0 Å². The SMILES string of the molecule is O=C1CCc2ccc(O)cc2N1Br. The average Bonchev–Trinajstić information content (AvgIpc) is 2.12. The number of aromatic hydroxyl groups is 1. The van der Waals surface area contributed by atoms with Gasteiger partial charge in [0, 0.05) is 12.5 Å². The van der Waals surface area contributed by atoms with Crippen LogP contribution in [0.25, 0.3) is 0 Å². The molecule has 0 aromatic heterocycles. The van der Waals surface area contributed by atoms with Crippen molar-refractivity contribution < 1.29 is 9.90 Å². The van der Waals surface area contributed by atoms with Crippen LogP contribution in [-0.4, -0.2) is 11.0 Å². The molecule has 0 spiro atoms. The molecule has 2 rings (SSSR count). The van der Waals surface area contributed by atoms with E-state index in [9.17, 15) is 9.90 Å². The first kappa shape index (κ1) is 8.56. The topological polar surface area (TPSA) is 40.5 Å². The smallest absolute Gasteiger partial charge is 0.237 e. The van der Waals surface area contributed by atoms with Crippen LogP contribution in [0.15, 0.2) is 18.2 Å². The molecule has 4 heteroatoms. The van der Waals surface area contributed by atoms with E-state index in [1.165, 1.54) is 3.93 Å². The number of amides is 1. The number of hydrogen-bond acceptors (Lipinski definition) is 2. The lowest BCUT2D eigenvalue weighted by Crippen LogP contribution is -2.25. The Kier molecular flexibility index (Phi) is 2.00. The van der Waals surface area contributed by atoms with E-state index in [2.05, 4.69) is 16.1 Å². The average molecular weight is 242 g/mol. The molecule has 68 valence electrons. The predicted molar refractivity (Wildman–Crippen MR) is 52.8 cm³/mol. The Hall–Kier alpha value is -1.03. The number of carbonyl (C=O) groups is 1. The van der Waals surface area contributed by atoms with E-state index in [1.54, 1.807) is 12.1 Å². The molecule has 0 saturated carbocycles. The minimum absolute atomic E-state index is 0.0260. The van der Waals surface area contributed by atoms with E-state index >= 15 is 0 Å². The third-order valence-electron chi connectivity index (χ3n) is 2.11. The standard InChI is InChI=1S/C9H8BrNO2/c10-11-8-5-7(12)3-1-6(8)2-4-9(11)13/h1,3,5,12H,2,4H2. The molecular formula is C9H8BrNO2. The molecule has 3 nitrogen and oxygen atoms in total. The summed E-state index contributed by atoms with van der Waals surface area (Å²) < 4.78 is 1.41. The number of halogens is 1. The van der Waals surface area contributed by atoms with Crippen molar-refractivity contribution in [1.82, 2.24) is 0 Å². The minimum Gasteiger partial charge on any atom is -0.508 e. The third-order valence-corrected chi connectivity index (χ3v) is 2.89. The summed E-state index contributed by atoms with van der Waals surface area (Å²) in [7, 11) is 0. The van der Waals surface area contributed by atoms with Crippen LogP contribution >= 0.6 is 16.1 Å². The number of fused-ring (bicyclic) bond motifs is 1. The van der Waals surface area contributed by atoms with Crippen molar-refractivity contribution in [3.8, 4) is 5.75 Å². The summed E-state index contributed by atoms with van der Waals surface area (Å²) in [4.78, 5) is 11.3. The first-order valence-electron chi connectivity index (χ1n) is 3.99. The van der Waals surface area contributed by atoms with E-state index in [0.717, 1.165) is 17.7 Å². The molecule has 0 atom stereocenters. The number of phenols is 1. The van der Waals surface area contributed by atoms with Crippen LogP contribution in [-0.2, 0) is 11.2 Å². The van der Waals surface area contributed by atoms with Crippen LogP contribution < -0.4 is 3.93 Å². The van der Waals surface area contributed by atoms with E-state index in [-0.39, 0.29) is 11.7 Å². The number of anilines is 1. The highest BCUT2D eigenvalue weighted by molar-refractivity contribution is 9.10. The van der Waals surface area contributed by atoms with Gasteiger partial charge in [0.05, 0.1) is 21.8 Å². The van der Waals surface area contributed by atoms with Crippen LogP contribution in [0, 0.1) is 0 Å². The summed E-state index contributed by atoms with van der Waals surface area (Å²) in [6, 6.07) is 5.06. The van der Waals surface area contributed by atoms with Crippen molar-refractivity contribution >= 4 is 27.7 Å². The van der Waals surface area contributed by atoms with Gasteiger partial charge in [0.25, 0.3) is 0 Å². The second-order valence-electron chi connectivity index (χ2n) is 2.99. The Morgan fingerprint density at radius 1 is 1.38 bits per heavy atom. The van der Waals surface area contributed by atoms with Crippen molar-refractivity contribution in [2.45, 2.75) is 12.8 Å². The van der Waals surface area contributed by atoms with Gasteiger partial charge in [0.15, 0.2) is 0 Å². The first-order valence-corrected chi connectivity index (χ1v) is 4.70. The van der Waals surface area contributed by atoms with Crippen LogP contribution in [0.2, 0.25) is 0 Å². The molecule has 0 radical (unpaired) electrons. The number of hydrogen-bond donors (Lipinski definition) is 1. The molecule has 0 unspecified atom stereocenters. The Balaban J connectivity index is 2.51. The van der Waals surface area contributed by atoms with Crippen LogP contribution in [0.1, 0.15) is 12.0 Å². The second-order valence-corrected chi connectivity index (χ2v) is 3.70. The van der Waals surface area contributed by atoms with Crippen molar-refractivity contribution in [2.75, 3.05) is 3.93 Å². The lowest BCUT2D eigenvalue weighted by atomic mass is 10.0. The van der Waals surface area contributed by atoms with Gasteiger partial charge in [-0.25, -0.2) is 3.93 Å². The molecule has 1 heterocycles. The van der Waals surface area contributed by atoms with Gasteiger partial charge in [-0.15, -0.1) is 0 Å². The molecule has 1 aliphatic heterocycles. The van der Waals surface area contributed by atoms with Crippen LogP contribution in [0.4, 0.5) is 5.69 Å². The minimum atomic E-state index is 0.0260. The lowest BCUT2D eigenvalue weighted by molar-refractivity contribution is -0.117. The van der Waals surface area contributed by atoms with E-state index < -0.39 is 0 Å². The van der Waals surface area contributed by atoms with Gasteiger partial charge in [-0.05, 0) is 18.1 Å². The molecule has 1 N–H and O–H groups in total. The van der Waals surface area contributed by atoms with Gasteiger partial charge in [-0.2, -0.15) is 0 Å². The zero-order chi connectivity index (χ0) is 9.42. The molecule has 13 heavy (non-hydrogen) atoms. The highest BCUT2D eigenvalue weighted by atomic mass is 79.9. The van der Waals surface area contributed by atoms with Crippen molar-refractivity contribution in [3.05, 3.63) is 23.8 Å². The van der Waals surface area contributed by atoms with Gasteiger partial charge in [-0.3, -0.25) is 4.79 Å². The Bertz CT molecular complexity index is 365.